The molecule has 0 spiro atoms. The van der Waals surface area contributed by atoms with Crippen LogP contribution in [-0.4, -0.2) is 43.6 Å². The number of nitrogens with one attached hydrogen (secondary N) is 1. The molecule has 32 heavy (non-hydrogen) atoms. The predicted octanol–water partition coefficient (Wildman–Crippen LogP) is 3.64. The highest BCUT2D eigenvalue weighted by atomic mass is 16.3. The number of para-hydroxylation sites is 1. The molecule has 4 heterocycles. The molecule has 1 aliphatic rings. The molecule has 1 N–H and O–H groups in total. The summed E-state index contributed by atoms with van der Waals surface area (Å²) in [6.07, 6.45) is 3.33. The molecule has 4 aromatic rings. The zero-order valence-electron chi connectivity index (χ0n) is 18.0. The van der Waals surface area contributed by atoms with Gasteiger partial charge in [-0.2, -0.15) is 10.1 Å². The number of hydrogen-bond acceptors (Lipinski definition) is 5. The highest BCUT2D eigenvalue weighted by Crippen LogP contribution is 2.25. The minimum absolute atomic E-state index is 0.135. The van der Waals surface area contributed by atoms with Crippen LogP contribution in [0.1, 0.15) is 35.4 Å². The van der Waals surface area contributed by atoms with Gasteiger partial charge in [0.25, 0.3) is 11.5 Å². The lowest BCUT2D eigenvalue weighted by Gasteiger charge is -2.28. The molecule has 0 saturated heterocycles. The largest absolute Gasteiger partial charge is 0.460 e. The zero-order valence-corrected chi connectivity index (χ0v) is 18.0. The van der Waals surface area contributed by atoms with E-state index in [1.54, 1.807) is 17.0 Å². The Morgan fingerprint density at radius 3 is 2.78 bits per heavy atom. The number of rotatable bonds is 4. The van der Waals surface area contributed by atoms with Crippen molar-refractivity contribution in [3.63, 3.8) is 0 Å². The van der Waals surface area contributed by atoms with E-state index >= 15 is 0 Å². The Hall–Kier alpha value is -3.94. The lowest BCUT2D eigenvalue weighted by atomic mass is 10.1. The number of benzene rings is 1. The Morgan fingerprint density at radius 1 is 1.22 bits per heavy atom. The zero-order chi connectivity index (χ0) is 22.2. The van der Waals surface area contributed by atoms with E-state index in [2.05, 4.69) is 19.7 Å². The summed E-state index contributed by atoms with van der Waals surface area (Å²) in [5.74, 6) is 2.04. The quantitative estimate of drug-likeness (QED) is 0.534. The molecular formula is C24H23N5O3. The monoisotopic (exact) mass is 429 g/mol. The number of H-pyrrole nitrogens is 1. The van der Waals surface area contributed by atoms with E-state index in [1.807, 2.05) is 50.3 Å². The fraction of sp³-hybridized carbons (Fsp3) is 0.250. The van der Waals surface area contributed by atoms with Crippen molar-refractivity contribution < 1.29 is 9.21 Å². The minimum atomic E-state index is -0.206. The summed E-state index contributed by atoms with van der Waals surface area (Å²) in [6.45, 7) is 4.87. The van der Waals surface area contributed by atoms with E-state index in [9.17, 15) is 9.59 Å². The number of amides is 1. The fourth-order valence-corrected chi connectivity index (χ4v) is 4.12. The summed E-state index contributed by atoms with van der Waals surface area (Å²) in [7, 11) is 0. The van der Waals surface area contributed by atoms with Crippen LogP contribution in [0.4, 0.5) is 0 Å². The lowest BCUT2D eigenvalue weighted by Crippen LogP contribution is -2.36. The number of aromatic nitrogens is 4. The molecule has 0 atom stereocenters. The first-order valence-corrected chi connectivity index (χ1v) is 10.7. The van der Waals surface area contributed by atoms with Gasteiger partial charge >= 0.3 is 0 Å². The van der Waals surface area contributed by atoms with Crippen molar-refractivity contribution in [2.75, 3.05) is 13.1 Å². The molecule has 1 amide bonds. The van der Waals surface area contributed by atoms with Crippen molar-refractivity contribution >= 4 is 22.5 Å². The average Bonchev–Trinajstić information content (AvgIpc) is 3.48. The molecule has 0 fully saturated rings. The molecule has 0 bridgehead atoms. The number of carbonyl (C=O) groups excluding carboxylic acids is 1. The maximum Gasteiger partial charge on any atom is 0.280 e. The highest BCUT2D eigenvalue weighted by Gasteiger charge is 2.23. The number of nitrogens with zero attached hydrogens (tertiary/aromatic N) is 4. The van der Waals surface area contributed by atoms with E-state index in [0.717, 1.165) is 22.8 Å². The SMILES string of the molecule is CCc1nc(=O)c2ccccc2n1C1=CCN(C(=O)c2cc(-c3ccc(C)o3)[nH]n2)CC1. The van der Waals surface area contributed by atoms with E-state index in [1.165, 1.54) is 0 Å². The summed E-state index contributed by atoms with van der Waals surface area (Å²) in [4.78, 5) is 31.4. The lowest BCUT2D eigenvalue weighted by molar-refractivity contribution is 0.0766. The third-order valence-electron chi connectivity index (χ3n) is 5.74. The molecule has 8 nitrogen and oxygen atoms in total. The average molecular weight is 429 g/mol. The first-order chi connectivity index (χ1) is 15.5. The van der Waals surface area contributed by atoms with Crippen molar-refractivity contribution in [1.82, 2.24) is 24.6 Å². The number of hydrogen-bond donors (Lipinski definition) is 1. The third kappa shape index (κ3) is 3.43. The maximum absolute atomic E-state index is 13.0. The number of aryl methyl sites for hydroxylation is 2. The third-order valence-corrected chi connectivity index (χ3v) is 5.74. The van der Waals surface area contributed by atoms with Gasteiger partial charge in [-0.15, -0.1) is 0 Å². The molecule has 3 aromatic heterocycles. The van der Waals surface area contributed by atoms with Gasteiger partial charge in [0, 0.05) is 37.7 Å². The molecule has 162 valence electrons. The Morgan fingerprint density at radius 2 is 2.06 bits per heavy atom. The van der Waals surface area contributed by atoms with Crippen molar-refractivity contribution in [3.8, 4) is 11.5 Å². The molecule has 0 saturated carbocycles. The Kier molecular flexibility index (Phi) is 4.97. The second kappa shape index (κ2) is 7.96. The standard InChI is InChI=1S/C24H23N5O3/c1-3-22-25-23(30)17-6-4-5-7-20(17)29(22)16-10-12-28(13-11-16)24(31)19-14-18(26-27-19)21-9-8-15(2)32-21/h4-10,14H,3,11-13H2,1-2H3,(H,26,27). The number of carbonyl (C=O) groups is 1. The summed E-state index contributed by atoms with van der Waals surface area (Å²) in [6, 6.07) is 12.9. The van der Waals surface area contributed by atoms with Crippen LogP contribution in [0.25, 0.3) is 28.1 Å². The van der Waals surface area contributed by atoms with Gasteiger partial charge in [-0.3, -0.25) is 14.7 Å². The van der Waals surface area contributed by atoms with Crippen LogP contribution in [0, 0.1) is 6.92 Å². The molecule has 1 aliphatic heterocycles. The highest BCUT2D eigenvalue weighted by molar-refractivity contribution is 5.93. The van der Waals surface area contributed by atoms with Crippen LogP contribution in [0.2, 0.25) is 0 Å². The molecule has 5 rings (SSSR count). The molecule has 0 radical (unpaired) electrons. The topological polar surface area (TPSA) is 97.0 Å². The second-order valence-corrected chi connectivity index (χ2v) is 7.81. The van der Waals surface area contributed by atoms with Gasteiger partial charge in [-0.05, 0) is 37.3 Å². The number of fused-ring (bicyclic) bond motifs is 1. The van der Waals surface area contributed by atoms with Crippen LogP contribution in [0.5, 0.6) is 0 Å². The normalized spacial score (nSPS) is 14.1. The van der Waals surface area contributed by atoms with Gasteiger partial charge in [0.1, 0.15) is 17.3 Å². The van der Waals surface area contributed by atoms with Gasteiger partial charge < -0.3 is 13.9 Å². The molecular weight excluding hydrogens is 406 g/mol. The molecule has 8 heteroatoms. The molecule has 0 unspecified atom stereocenters. The van der Waals surface area contributed by atoms with E-state index < -0.39 is 0 Å². The van der Waals surface area contributed by atoms with Gasteiger partial charge in [0.15, 0.2) is 11.5 Å². The first kappa shape index (κ1) is 20.0. The first-order valence-electron chi connectivity index (χ1n) is 10.7. The van der Waals surface area contributed by atoms with Crippen molar-refractivity contribution in [1.29, 1.82) is 0 Å². The van der Waals surface area contributed by atoms with Crippen LogP contribution in [0.15, 0.2) is 57.8 Å². The maximum atomic E-state index is 13.0. The smallest absolute Gasteiger partial charge is 0.280 e. The van der Waals surface area contributed by atoms with Crippen molar-refractivity contribution in [3.05, 3.63) is 76.2 Å². The van der Waals surface area contributed by atoms with Gasteiger partial charge in [0.05, 0.1) is 10.9 Å². The van der Waals surface area contributed by atoms with Crippen molar-refractivity contribution in [2.24, 2.45) is 0 Å². The second-order valence-electron chi connectivity index (χ2n) is 7.81. The van der Waals surface area contributed by atoms with Gasteiger partial charge in [-0.25, -0.2) is 0 Å². The van der Waals surface area contributed by atoms with Gasteiger partial charge in [0.2, 0.25) is 0 Å². The summed E-state index contributed by atoms with van der Waals surface area (Å²) < 4.78 is 7.66. The van der Waals surface area contributed by atoms with Crippen LogP contribution >= 0.6 is 0 Å². The molecule has 1 aromatic carbocycles. The predicted molar refractivity (Wildman–Crippen MR) is 121 cm³/mol. The Balaban J connectivity index is 1.41. The van der Waals surface area contributed by atoms with Gasteiger partial charge in [-0.1, -0.05) is 19.1 Å². The number of aromatic amines is 1. The minimum Gasteiger partial charge on any atom is -0.460 e. The van der Waals surface area contributed by atoms with E-state index in [0.29, 0.717) is 48.5 Å². The number of furan rings is 1. The fourth-order valence-electron chi connectivity index (χ4n) is 4.12. The molecule has 0 aliphatic carbocycles. The van der Waals surface area contributed by atoms with Crippen LogP contribution in [-0.2, 0) is 6.42 Å². The summed E-state index contributed by atoms with van der Waals surface area (Å²) in [5, 5.41) is 7.67. The van der Waals surface area contributed by atoms with Crippen molar-refractivity contribution in [2.45, 2.75) is 26.7 Å². The van der Waals surface area contributed by atoms with Crippen LogP contribution < -0.4 is 5.56 Å². The summed E-state index contributed by atoms with van der Waals surface area (Å²) >= 11 is 0. The Labute approximate surface area is 184 Å². The van der Waals surface area contributed by atoms with E-state index in [4.69, 9.17) is 4.42 Å². The van der Waals surface area contributed by atoms with Crippen LogP contribution in [0.3, 0.4) is 0 Å². The van der Waals surface area contributed by atoms with E-state index in [-0.39, 0.29) is 11.5 Å². The summed E-state index contributed by atoms with van der Waals surface area (Å²) in [5.41, 5.74) is 2.72. The Bertz CT molecular complexity index is 1410.